The van der Waals surface area contributed by atoms with Crippen molar-refractivity contribution in [2.24, 2.45) is 5.73 Å². The van der Waals surface area contributed by atoms with Crippen LogP contribution in [0.5, 0.6) is 5.75 Å². The van der Waals surface area contributed by atoms with Crippen LogP contribution >= 0.6 is 12.4 Å². The van der Waals surface area contributed by atoms with Crippen molar-refractivity contribution < 1.29 is 26.0 Å². The Bertz CT molecular complexity index is 1100. The van der Waals surface area contributed by atoms with E-state index in [1.54, 1.807) is 32.0 Å². The van der Waals surface area contributed by atoms with E-state index in [0.29, 0.717) is 5.56 Å². The van der Waals surface area contributed by atoms with E-state index in [4.69, 9.17) is 10.5 Å². The summed E-state index contributed by atoms with van der Waals surface area (Å²) in [5.41, 5.74) is 5.85. The minimum Gasteiger partial charge on any atom is -0.488 e. The van der Waals surface area contributed by atoms with Gasteiger partial charge >= 0.3 is 0 Å². The summed E-state index contributed by atoms with van der Waals surface area (Å²) in [6.45, 7) is 3.36. The van der Waals surface area contributed by atoms with Crippen LogP contribution in [0.4, 0.5) is 4.39 Å². The predicted molar refractivity (Wildman–Crippen MR) is 120 cm³/mol. The molecule has 0 radical (unpaired) electrons. The van der Waals surface area contributed by atoms with Crippen LogP contribution in [0.2, 0.25) is 0 Å². The fourth-order valence-corrected chi connectivity index (χ4v) is 5.18. The zero-order valence-corrected chi connectivity index (χ0v) is 19.6. The second kappa shape index (κ2) is 11.6. The summed E-state index contributed by atoms with van der Waals surface area (Å²) in [6.07, 6.45) is 1.00. The Morgan fingerprint density at radius 3 is 2.29 bits per heavy atom. The number of halogens is 2. The molecule has 11 heteroatoms. The number of sulfonamides is 1. The number of benzene rings is 2. The van der Waals surface area contributed by atoms with Gasteiger partial charge < -0.3 is 10.5 Å². The maximum Gasteiger partial charge on any atom is 0.240 e. The van der Waals surface area contributed by atoms with Gasteiger partial charge in [-0.25, -0.2) is 25.9 Å². The molecule has 0 heterocycles. The van der Waals surface area contributed by atoms with Gasteiger partial charge in [0.1, 0.15) is 28.8 Å². The van der Waals surface area contributed by atoms with Gasteiger partial charge in [0.05, 0.1) is 4.90 Å². The normalized spacial score (nSPS) is 12.5. The zero-order chi connectivity index (χ0) is 22.4. The topological polar surface area (TPSA) is 116 Å². The number of sulfone groups is 1. The van der Waals surface area contributed by atoms with Crippen molar-refractivity contribution in [1.29, 1.82) is 0 Å². The maximum atomic E-state index is 13.7. The summed E-state index contributed by atoms with van der Waals surface area (Å²) in [6, 6.07) is 11.8. The molecule has 2 aromatic carbocycles. The van der Waals surface area contributed by atoms with E-state index >= 15 is 0 Å². The van der Waals surface area contributed by atoms with Gasteiger partial charge in [0.25, 0.3) is 0 Å². The van der Waals surface area contributed by atoms with Gasteiger partial charge in [-0.2, -0.15) is 0 Å². The molecule has 3 N–H and O–H groups in total. The van der Waals surface area contributed by atoms with Crippen LogP contribution in [0.3, 0.4) is 0 Å². The van der Waals surface area contributed by atoms with E-state index < -0.39 is 31.4 Å². The van der Waals surface area contributed by atoms with Crippen molar-refractivity contribution in [3.8, 4) is 5.75 Å². The van der Waals surface area contributed by atoms with Crippen LogP contribution in [-0.2, 0) is 26.5 Å². The first-order valence-electron chi connectivity index (χ1n) is 9.15. The van der Waals surface area contributed by atoms with Crippen molar-refractivity contribution >= 4 is 32.3 Å². The van der Waals surface area contributed by atoms with Crippen LogP contribution in [0.25, 0.3) is 0 Å². The molecule has 0 unspecified atom stereocenters. The summed E-state index contributed by atoms with van der Waals surface area (Å²) in [5.74, 6) is -1.56. The molecule has 0 saturated carbocycles. The Morgan fingerprint density at radius 1 is 1.10 bits per heavy atom. The molecule has 0 spiro atoms. The molecule has 0 amide bonds. The third-order valence-electron chi connectivity index (χ3n) is 3.87. The van der Waals surface area contributed by atoms with Crippen molar-refractivity contribution in [1.82, 2.24) is 4.72 Å². The molecule has 0 aromatic heterocycles. The van der Waals surface area contributed by atoms with Crippen LogP contribution in [0.15, 0.2) is 70.2 Å². The molecule has 31 heavy (non-hydrogen) atoms. The molecule has 2 aromatic rings. The molecule has 0 bridgehead atoms. The van der Waals surface area contributed by atoms with E-state index in [-0.39, 0.29) is 47.1 Å². The van der Waals surface area contributed by atoms with Gasteiger partial charge in [-0.1, -0.05) is 24.3 Å². The number of nitrogens with two attached hydrogens (primary N) is 1. The molecule has 0 fully saturated rings. The lowest BCUT2D eigenvalue weighted by molar-refractivity contribution is 0.298. The molecular formula is C20H26ClFN2O5S2. The first kappa shape index (κ1) is 27.1. The van der Waals surface area contributed by atoms with Crippen LogP contribution < -0.4 is 15.2 Å². The second-order valence-corrected chi connectivity index (χ2v) is 10.5. The van der Waals surface area contributed by atoms with Crippen molar-refractivity contribution in [3.05, 3.63) is 66.0 Å². The molecule has 172 valence electrons. The average molecular weight is 493 g/mol. The lowest BCUT2D eigenvalue weighted by Crippen LogP contribution is -2.30. The van der Waals surface area contributed by atoms with Gasteiger partial charge in [-0.15, -0.1) is 12.4 Å². The molecule has 0 atom stereocenters. The SMILES string of the molecule is CC(C)NS(=O)(=O)c1ccc(COc2ccccc2S(=O)(=O)C/C(F)=C/CN)cc1.Cl. The molecule has 2 rings (SSSR count). The first-order chi connectivity index (χ1) is 14.0. The highest BCUT2D eigenvalue weighted by molar-refractivity contribution is 7.91. The molecule has 7 nitrogen and oxygen atoms in total. The predicted octanol–water partition coefficient (Wildman–Crippen LogP) is 2.96. The fraction of sp³-hybridized carbons (Fsp3) is 0.300. The monoisotopic (exact) mass is 492 g/mol. The Kier molecular flexibility index (Phi) is 10.1. The van der Waals surface area contributed by atoms with E-state index in [0.717, 1.165) is 6.08 Å². The highest BCUT2D eigenvalue weighted by atomic mass is 35.5. The summed E-state index contributed by atoms with van der Waals surface area (Å²) in [4.78, 5) is -0.0176. The Balaban J connectivity index is 0.00000480. The fourth-order valence-electron chi connectivity index (χ4n) is 2.58. The molecule has 0 saturated heterocycles. The average Bonchev–Trinajstić information content (AvgIpc) is 2.65. The lowest BCUT2D eigenvalue weighted by atomic mass is 10.2. The highest BCUT2D eigenvalue weighted by Gasteiger charge is 2.21. The van der Waals surface area contributed by atoms with Gasteiger partial charge in [0.2, 0.25) is 10.0 Å². The third-order valence-corrected chi connectivity index (χ3v) is 7.21. The smallest absolute Gasteiger partial charge is 0.240 e. The first-order valence-corrected chi connectivity index (χ1v) is 12.3. The summed E-state index contributed by atoms with van der Waals surface area (Å²) >= 11 is 0. The molecular weight excluding hydrogens is 467 g/mol. The van der Waals surface area contributed by atoms with E-state index in [9.17, 15) is 21.2 Å². The lowest BCUT2D eigenvalue weighted by Gasteiger charge is -2.13. The van der Waals surface area contributed by atoms with Crippen molar-refractivity contribution in [2.45, 2.75) is 36.3 Å². The summed E-state index contributed by atoms with van der Waals surface area (Å²) in [7, 11) is -7.57. The summed E-state index contributed by atoms with van der Waals surface area (Å²) < 4.78 is 71.2. The van der Waals surface area contributed by atoms with Crippen molar-refractivity contribution in [3.63, 3.8) is 0 Å². The van der Waals surface area contributed by atoms with E-state index in [1.807, 2.05) is 0 Å². The van der Waals surface area contributed by atoms with Gasteiger partial charge in [-0.05, 0) is 49.8 Å². The number of para-hydroxylation sites is 1. The Hall–Kier alpha value is -1.98. The van der Waals surface area contributed by atoms with Crippen LogP contribution in [-0.4, -0.2) is 35.2 Å². The number of hydrogen-bond acceptors (Lipinski definition) is 6. The van der Waals surface area contributed by atoms with Crippen LogP contribution in [0.1, 0.15) is 19.4 Å². The van der Waals surface area contributed by atoms with E-state index in [2.05, 4.69) is 4.72 Å². The van der Waals surface area contributed by atoms with E-state index in [1.165, 1.54) is 30.3 Å². The Morgan fingerprint density at radius 2 is 1.71 bits per heavy atom. The van der Waals surface area contributed by atoms with Gasteiger partial charge in [0.15, 0.2) is 9.84 Å². The second-order valence-electron chi connectivity index (χ2n) is 6.80. The quantitative estimate of drug-likeness (QED) is 0.526. The number of nitrogens with one attached hydrogen (secondary N) is 1. The zero-order valence-electron chi connectivity index (χ0n) is 17.1. The molecule has 0 aliphatic carbocycles. The molecule has 0 aliphatic rings. The number of ether oxygens (including phenoxy) is 1. The minimum absolute atomic E-state index is 0. The highest BCUT2D eigenvalue weighted by Crippen LogP contribution is 2.27. The third kappa shape index (κ3) is 7.89. The van der Waals surface area contributed by atoms with Gasteiger partial charge in [0, 0.05) is 12.6 Å². The molecule has 0 aliphatic heterocycles. The summed E-state index contributed by atoms with van der Waals surface area (Å²) in [5, 5.41) is 0. The van der Waals surface area contributed by atoms with Crippen molar-refractivity contribution in [2.75, 3.05) is 12.3 Å². The van der Waals surface area contributed by atoms with Gasteiger partial charge in [-0.3, -0.25) is 0 Å². The Labute approximate surface area is 188 Å². The minimum atomic E-state index is -3.97. The largest absolute Gasteiger partial charge is 0.488 e. The number of hydrogen-bond donors (Lipinski definition) is 2. The number of rotatable bonds is 10. The van der Waals surface area contributed by atoms with Crippen LogP contribution in [0, 0.1) is 0 Å². The standard InChI is InChI=1S/C20H25FN2O5S2.ClH/c1-15(2)23-30(26,27)18-9-7-16(8-10-18)13-28-19-5-3-4-6-20(19)29(24,25)14-17(21)11-12-22;/h3-11,15,23H,12-14,22H2,1-2H3;1H/b17-11-;. The maximum absolute atomic E-state index is 13.7.